The highest BCUT2D eigenvalue weighted by molar-refractivity contribution is 6.32. The number of hydrogen-bond acceptors (Lipinski definition) is 4. The number of benzene rings is 1. The zero-order valence-corrected chi connectivity index (χ0v) is 11.6. The van der Waals surface area contributed by atoms with Gasteiger partial charge >= 0.3 is 0 Å². The van der Waals surface area contributed by atoms with E-state index in [1.54, 1.807) is 19.9 Å². The van der Waals surface area contributed by atoms with Crippen LogP contribution in [0, 0.1) is 21.4 Å². The Balaban J connectivity index is 3.19. The Bertz CT molecular complexity index is 618. The van der Waals surface area contributed by atoms with Gasteiger partial charge in [0, 0.05) is 28.8 Å². The van der Waals surface area contributed by atoms with Crippen LogP contribution in [0.4, 0.5) is 5.69 Å². The molecule has 0 saturated heterocycles. The Labute approximate surface area is 120 Å². The SMILES string of the molecule is CC(C)NC(=O)C(C#N)=Cc1cc([N+](=O)[O-])ccc1Cl. The maximum absolute atomic E-state index is 11.7. The summed E-state index contributed by atoms with van der Waals surface area (Å²) in [4.78, 5) is 21.9. The number of nitrogens with one attached hydrogen (secondary N) is 1. The van der Waals surface area contributed by atoms with Crippen molar-refractivity contribution < 1.29 is 9.72 Å². The van der Waals surface area contributed by atoms with Gasteiger partial charge in [-0.1, -0.05) is 11.6 Å². The third kappa shape index (κ3) is 4.07. The summed E-state index contributed by atoms with van der Waals surface area (Å²) in [6, 6.07) is 5.44. The van der Waals surface area contributed by atoms with Crippen LogP contribution in [0.25, 0.3) is 6.08 Å². The van der Waals surface area contributed by atoms with Crippen LogP contribution >= 0.6 is 11.6 Å². The van der Waals surface area contributed by atoms with Gasteiger partial charge in [0.05, 0.1) is 4.92 Å². The van der Waals surface area contributed by atoms with Gasteiger partial charge in [0.15, 0.2) is 0 Å². The summed E-state index contributed by atoms with van der Waals surface area (Å²) in [5.74, 6) is -0.551. The second-order valence-corrected chi connectivity index (χ2v) is 4.67. The Hall–Kier alpha value is -2.39. The molecule has 1 amide bonds. The molecule has 0 aliphatic rings. The topological polar surface area (TPSA) is 96.0 Å². The first-order valence-corrected chi connectivity index (χ1v) is 6.09. The molecular weight excluding hydrogens is 282 g/mol. The van der Waals surface area contributed by atoms with Crippen molar-refractivity contribution in [1.82, 2.24) is 5.32 Å². The first-order valence-electron chi connectivity index (χ1n) is 5.71. The van der Waals surface area contributed by atoms with Crippen LogP contribution in [0.15, 0.2) is 23.8 Å². The first kappa shape index (κ1) is 15.7. The summed E-state index contributed by atoms with van der Waals surface area (Å²) >= 11 is 5.90. The van der Waals surface area contributed by atoms with Crippen LogP contribution in [0.3, 0.4) is 0 Å². The van der Waals surface area contributed by atoms with Gasteiger partial charge in [-0.2, -0.15) is 5.26 Å². The number of carbonyl (C=O) groups excluding carboxylic acids is 1. The van der Waals surface area contributed by atoms with E-state index >= 15 is 0 Å². The van der Waals surface area contributed by atoms with Gasteiger partial charge in [-0.3, -0.25) is 14.9 Å². The molecule has 6 nitrogen and oxygen atoms in total. The summed E-state index contributed by atoms with van der Waals surface area (Å²) in [7, 11) is 0. The monoisotopic (exact) mass is 293 g/mol. The molecule has 1 aromatic carbocycles. The average Bonchev–Trinajstić information content (AvgIpc) is 2.36. The van der Waals surface area contributed by atoms with Gasteiger partial charge in [-0.25, -0.2) is 0 Å². The van der Waals surface area contributed by atoms with E-state index in [-0.39, 0.29) is 27.9 Å². The van der Waals surface area contributed by atoms with Crippen molar-refractivity contribution in [2.45, 2.75) is 19.9 Å². The zero-order chi connectivity index (χ0) is 15.3. The lowest BCUT2D eigenvalue weighted by molar-refractivity contribution is -0.384. The number of nitriles is 1. The van der Waals surface area contributed by atoms with E-state index in [1.807, 2.05) is 0 Å². The molecule has 1 aromatic rings. The molecule has 0 saturated carbocycles. The van der Waals surface area contributed by atoms with Crippen LogP contribution in [-0.4, -0.2) is 16.9 Å². The van der Waals surface area contributed by atoms with Crippen LogP contribution in [-0.2, 0) is 4.79 Å². The summed E-state index contributed by atoms with van der Waals surface area (Å²) in [6.45, 7) is 3.51. The fourth-order valence-electron chi connectivity index (χ4n) is 1.40. The Morgan fingerprint density at radius 3 is 2.70 bits per heavy atom. The number of amides is 1. The first-order chi connectivity index (χ1) is 9.35. The van der Waals surface area contributed by atoms with Crippen molar-refractivity contribution in [2.24, 2.45) is 0 Å². The van der Waals surface area contributed by atoms with Crippen LogP contribution in [0.1, 0.15) is 19.4 Å². The number of nitro benzene ring substituents is 1. The second kappa shape index (κ2) is 6.68. The fourth-order valence-corrected chi connectivity index (χ4v) is 1.57. The second-order valence-electron chi connectivity index (χ2n) is 4.26. The Kier molecular flexibility index (Phi) is 5.23. The predicted molar refractivity (Wildman–Crippen MR) is 75.0 cm³/mol. The molecule has 0 aliphatic heterocycles. The van der Waals surface area contributed by atoms with Crippen LogP contribution in [0.2, 0.25) is 5.02 Å². The molecule has 0 aromatic heterocycles. The van der Waals surface area contributed by atoms with E-state index < -0.39 is 10.8 Å². The predicted octanol–water partition coefficient (Wildman–Crippen LogP) is 2.68. The average molecular weight is 294 g/mol. The quantitative estimate of drug-likeness (QED) is 0.399. The number of carbonyl (C=O) groups is 1. The number of non-ortho nitro benzene ring substituents is 1. The highest BCUT2D eigenvalue weighted by Gasteiger charge is 2.13. The molecule has 0 atom stereocenters. The van der Waals surface area contributed by atoms with E-state index in [9.17, 15) is 14.9 Å². The maximum Gasteiger partial charge on any atom is 0.270 e. The molecule has 0 radical (unpaired) electrons. The molecule has 0 unspecified atom stereocenters. The van der Waals surface area contributed by atoms with E-state index in [2.05, 4.69) is 5.32 Å². The molecule has 20 heavy (non-hydrogen) atoms. The molecule has 1 rings (SSSR count). The smallest absolute Gasteiger partial charge is 0.270 e. The van der Waals surface area contributed by atoms with Crippen LogP contribution < -0.4 is 5.32 Å². The minimum absolute atomic E-state index is 0.125. The summed E-state index contributed by atoms with van der Waals surface area (Å²) < 4.78 is 0. The minimum Gasteiger partial charge on any atom is -0.349 e. The van der Waals surface area contributed by atoms with Crippen molar-refractivity contribution >= 4 is 29.3 Å². The molecule has 104 valence electrons. The number of halogens is 1. The van der Waals surface area contributed by atoms with Crippen molar-refractivity contribution in [2.75, 3.05) is 0 Å². The van der Waals surface area contributed by atoms with Gasteiger partial charge in [0.1, 0.15) is 11.6 Å². The Morgan fingerprint density at radius 1 is 1.55 bits per heavy atom. The molecule has 0 aliphatic carbocycles. The van der Waals surface area contributed by atoms with E-state index in [1.165, 1.54) is 24.3 Å². The molecule has 0 fully saturated rings. The van der Waals surface area contributed by atoms with E-state index in [4.69, 9.17) is 16.9 Å². The third-order valence-corrected chi connectivity index (χ3v) is 2.62. The lowest BCUT2D eigenvalue weighted by atomic mass is 10.1. The van der Waals surface area contributed by atoms with Gasteiger partial charge in [0.2, 0.25) is 0 Å². The molecule has 0 heterocycles. The van der Waals surface area contributed by atoms with E-state index in [0.29, 0.717) is 0 Å². The lowest BCUT2D eigenvalue weighted by Gasteiger charge is -2.07. The van der Waals surface area contributed by atoms with Gasteiger partial charge < -0.3 is 5.32 Å². The van der Waals surface area contributed by atoms with Crippen LogP contribution in [0.5, 0.6) is 0 Å². The normalized spacial score (nSPS) is 11.1. The number of rotatable bonds is 4. The fraction of sp³-hybridized carbons (Fsp3) is 0.231. The number of hydrogen-bond donors (Lipinski definition) is 1. The minimum atomic E-state index is -0.575. The highest BCUT2D eigenvalue weighted by Crippen LogP contribution is 2.24. The maximum atomic E-state index is 11.7. The van der Waals surface area contributed by atoms with Crippen molar-refractivity contribution in [3.05, 3.63) is 44.5 Å². The summed E-state index contributed by atoms with van der Waals surface area (Å²) in [6.07, 6.45) is 1.23. The van der Waals surface area contributed by atoms with Crippen molar-refractivity contribution in [3.63, 3.8) is 0 Å². The van der Waals surface area contributed by atoms with E-state index in [0.717, 1.165) is 0 Å². The zero-order valence-electron chi connectivity index (χ0n) is 10.9. The van der Waals surface area contributed by atoms with Crippen molar-refractivity contribution in [3.8, 4) is 6.07 Å². The molecule has 0 bridgehead atoms. The largest absolute Gasteiger partial charge is 0.349 e. The number of nitrogens with zero attached hydrogens (tertiary/aromatic N) is 2. The molecule has 0 spiro atoms. The van der Waals surface area contributed by atoms with Gasteiger partial charge in [0.25, 0.3) is 11.6 Å². The molecule has 1 N–H and O–H groups in total. The standard InChI is InChI=1S/C13H12ClN3O3/c1-8(2)16-13(18)10(7-15)5-9-6-11(17(19)20)3-4-12(9)14/h3-6,8H,1-2H3,(H,16,18). The summed E-state index contributed by atoms with van der Waals surface area (Å²) in [5.41, 5.74) is -0.0837. The highest BCUT2D eigenvalue weighted by atomic mass is 35.5. The van der Waals surface area contributed by atoms with Gasteiger partial charge in [-0.05, 0) is 26.0 Å². The molecular formula is C13H12ClN3O3. The van der Waals surface area contributed by atoms with Gasteiger partial charge in [-0.15, -0.1) is 0 Å². The molecule has 7 heteroatoms. The number of nitro groups is 1. The lowest BCUT2D eigenvalue weighted by Crippen LogP contribution is -2.30. The van der Waals surface area contributed by atoms with Crippen molar-refractivity contribution in [1.29, 1.82) is 5.26 Å². The Morgan fingerprint density at radius 2 is 2.20 bits per heavy atom. The summed E-state index contributed by atoms with van der Waals surface area (Å²) in [5, 5.41) is 22.5. The third-order valence-electron chi connectivity index (χ3n) is 2.28.